The average Bonchev–Trinajstić information content (AvgIpc) is 2.56. The first-order valence-corrected chi connectivity index (χ1v) is 8.39. The van der Waals surface area contributed by atoms with Crippen molar-refractivity contribution in [1.82, 2.24) is 15.1 Å². The lowest BCUT2D eigenvalue weighted by molar-refractivity contribution is -0.127. The zero-order valence-corrected chi connectivity index (χ0v) is 18.2. The molecule has 0 unspecified atom stereocenters. The second-order valence-electron chi connectivity index (χ2n) is 5.79. The molecule has 0 aliphatic rings. The average molecular weight is 462 g/mol. The molecule has 0 aliphatic carbocycles. The quantitative estimate of drug-likeness (QED) is 0.367. The van der Waals surface area contributed by atoms with Crippen LogP contribution < -0.4 is 10.1 Å². The van der Waals surface area contributed by atoms with Crippen LogP contribution in [-0.2, 0) is 11.3 Å². The number of benzene rings is 1. The van der Waals surface area contributed by atoms with Crippen LogP contribution in [-0.4, -0.2) is 62.5 Å². The molecule has 0 bridgehead atoms. The lowest BCUT2D eigenvalue weighted by atomic mass is 10.2. The highest BCUT2D eigenvalue weighted by Gasteiger charge is 2.09. The summed E-state index contributed by atoms with van der Waals surface area (Å²) in [6, 6.07) is 8.03. The van der Waals surface area contributed by atoms with E-state index in [4.69, 9.17) is 4.74 Å². The third-order valence-electron chi connectivity index (χ3n) is 3.41. The Hall–Kier alpha value is -1.51. The Bertz CT molecular complexity index is 532. The highest BCUT2D eigenvalue weighted by atomic mass is 127. The molecular formula is C18H31IN4O2. The van der Waals surface area contributed by atoms with E-state index >= 15 is 0 Å². The number of nitrogens with one attached hydrogen (secondary N) is 1. The highest BCUT2D eigenvalue weighted by Crippen LogP contribution is 2.13. The van der Waals surface area contributed by atoms with Crippen LogP contribution in [0.4, 0.5) is 0 Å². The van der Waals surface area contributed by atoms with Gasteiger partial charge in [0, 0.05) is 34.2 Å². The number of guanidine groups is 1. The molecule has 0 saturated carbocycles. The number of amides is 1. The smallest absolute Gasteiger partial charge is 0.243 e. The molecule has 7 heteroatoms. The topological polar surface area (TPSA) is 57.2 Å². The minimum absolute atomic E-state index is 0. The molecule has 1 rings (SSSR count). The summed E-state index contributed by atoms with van der Waals surface area (Å²) in [4.78, 5) is 19.8. The first-order chi connectivity index (χ1) is 11.5. The van der Waals surface area contributed by atoms with Crippen LogP contribution in [0.25, 0.3) is 0 Å². The summed E-state index contributed by atoms with van der Waals surface area (Å²) >= 11 is 0. The molecule has 0 aromatic heterocycles. The minimum Gasteiger partial charge on any atom is -0.494 e. The van der Waals surface area contributed by atoms with Crippen molar-refractivity contribution in [3.05, 3.63) is 29.8 Å². The maximum atomic E-state index is 11.8. The summed E-state index contributed by atoms with van der Waals surface area (Å²) in [5.41, 5.74) is 1.16. The van der Waals surface area contributed by atoms with Gasteiger partial charge in [-0.15, -0.1) is 24.0 Å². The molecule has 0 aliphatic heterocycles. The van der Waals surface area contributed by atoms with Crippen LogP contribution in [0, 0.1) is 0 Å². The molecule has 0 spiro atoms. The molecule has 0 radical (unpaired) electrons. The first-order valence-electron chi connectivity index (χ1n) is 8.39. The Morgan fingerprint density at radius 3 is 2.32 bits per heavy atom. The van der Waals surface area contributed by atoms with E-state index in [1.165, 1.54) is 0 Å². The Kier molecular flexibility index (Phi) is 12.0. The number of carbonyl (C=O) groups excluding carboxylic acids is 1. The van der Waals surface area contributed by atoms with Gasteiger partial charge in [0.2, 0.25) is 5.91 Å². The number of hydrogen-bond donors (Lipinski definition) is 1. The fraction of sp³-hybridized carbons (Fsp3) is 0.556. The van der Waals surface area contributed by atoms with Crippen molar-refractivity contribution in [2.75, 3.05) is 40.8 Å². The van der Waals surface area contributed by atoms with E-state index in [2.05, 4.69) is 17.2 Å². The lowest BCUT2D eigenvalue weighted by Crippen LogP contribution is -2.39. The number of likely N-dealkylation sites (N-methyl/N-ethyl adjacent to an activating group) is 1. The molecule has 0 atom stereocenters. The Morgan fingerprint density at radius 2 is 1.80 bits per heavy atom. The summed E-state index contributed by atoms with van der Waals surface area (Å²) in [5.74, 6) is 1.60. The zero-order chi connectivity index (χ0) is 17.9. The van der Waals surface area contributed by atoms with Crippen LogP contribution in [0.2, 0.25) is 0 Å². The van der Waals surface area contributed by atoms with Gasteiger partial charge in [-0.2, -0.15) is 0 Å². The van der Waals surface area contributed by atoms with Gasteiger partial charge in [-0.3, -0.25) is 4.79 Å². The normalized spacial score (nSPS) is 10.7. The Morgan fingerprint density at radius 1 is 1.16 bits per heavy atom. The summed E-state index contributed by atoms with van der Waals surface area (Å²) in [7, 11) is 5.44. The first kappa shape index (κ1) is 23.5. The van der Waals surface area contributed by atoms with Gasteiger partial charge < -0.3 is 19.9 Å². The van der Waals surface area contributed by atoms with E-state index in [0.29, 0.717) is 13.2 Å². The van der Waals surface area contributed by atoms with Crippen molar-refractivity contribution in [3.8, 4) is 5.75 Å². The Labute approximate surface area is 168 Å². The Balaban J connectivity index is 0.00000576. The number of hydrogen-bond acceptors (Lipinski definition) is 3. The molecule has 1 aromatic carbocycles. The summed E-state index contributed by atoms with van der Waals surface area (Å²) < 4.78 is 5.46. The van der Waals surface area contributed by atoms with Crippen molar-refractivity contribution >= 4 is 35.8 Å². The predicted molar refractivity (Wildman–Crippen MR) is 114 cm³/mol. The van der Waals surface area contributed by atoms with Crippen LogP contribution in [0.1, 0.15) is 25.8 Å². The van der Waals surface area contributed by atoms with Crippen molar-refractivity contribution < 1.29 is 9.53 Å². The van der Waals surface area contributed by atoms with Crippen LogP contribution in [0.3, 0.4) is 0 Å². The van der Waals surface area contributed by atoms with Gasteiger partial charge in [-0.05, 0) is 31.0 Å². The number of aliphatic imine (C=N–C) groups is 1. The predicted octanol–water partition coefficient (Wildman–Crippen LogP) is 2.58. The van der Waals surface area contributed by atoms with E-state index in [0.717, 1.165) is 30.2 Å². The van der Waals surface area contributed by atoms with Crippen LogP contribution in [0.15, 0.2) is 29.3 Å². The monoisotopic (exact) mass is 462 g/mol. The van der Waals surface area contributed by atoms with Gasteiger partial charge >= 0.3 is 0 Å². The van der Waals surface area contributed by atoms with Gasteiger partial charge in [-0.1, -0.05) is 19.1 Å². The summed E-state index contributed by atoms with van der Waals surface area (Å²) in [6.45, 7) is 6.41. The van der Waals surface area contributed by atoms with E-state index < -0.39 is 0 Å². The standard InChI is InChI=1S/C18H30N4O2.HI/c1-6-12-19-18(20-13-17(23)21(3)4)22(5)14-15-8-10-16(11-9-15)24-7-2;/h8-11H,6-7,12-14H2,1-5H3,(H,19,20);1H. The van der Waals surface area contributed by atoms with Gasteiger partial charge in [-0.25, -0.2) is 4.99 Å². The molecule has 6 nitrogen and oxygen atoms in total. The maximum Gasteiger partial charge on any atom is 0.243 e. The van der Waals surface area contributed by atoms with Gasteiger partial charge in [0.15, 0.2) is 5.96 Å². The molecule has 1 amide bonds. The van der Waals surface area contributed by atoms with Crippen LogP contribution >= 0.6 is 24.0 Å². The van der Waals surface area contributed by atoms with E-state index in [-0.39, 0.29) is 36.4 Å². The van der Waals surface area contributed by atoms with Crippen molar-refractivity contribution in [1.29, 1.82) is 0 Å². The van der Waals surface area contributed by atoms with Crippen molar-refractivity contribution in [3.63, 3.8) is 0 Å². The molecule has 1 N–H and O–H groups in total. The largest absolute Gasteiger partial charge is 0.494 e. The molecular weight excluding hydrogens is 431 g/mol. The van der Waals surface area contributed by atoms with Gasteiger partial charge in [0.25, 0.3) is 0 Å². The number of ether oxygens (including phenoxy) is 1. The van der Waals surface area contributed by atoms with Crippen molar-refractivity contribution in [2.24, 2.45) is 4.99 Å². The minimum atomic E-state index is -0.0136. The lowest BCUT2D eigenvalue weighted by Gasteiger charge is -2.23. The van der Waals surface area contributed by atoms with E-state index in [1.807, 2.05) is 43.1 Å². The fourth-order valence-corrected chi connectivity index (χ4v) is 2.04. The third kappa shape index (κ3) is 8.94. The highest BCUT2D eigenvalue weighted by molar-refractivity contribution is 14.0. The van der Waals surface area contributed by atoms with Crippen molar-refractivity contribution in [2.45, 2.75) is 26.8 Å². The fourth-order valence-electron chi connectivity index (χ4n) is 2.04. The maximum absolute atomic E-state index is 11.8. The van der Waals surface area contributed by atoms with E-state index in [1.54, 1.807) is 19.0 Å². The van der Waals surface area contributed by atoms with E-state index in [9.17, 15) is 4.79 Å². The second kappa shape index (κ2) is 12.8. The molecule has 142 valence electrons. The summed E-state index contributed by atoms with van der Waals surface area (Å²) in [6.07, 6.45) is 0.998. The molecule has 1 aromatic rings. The third-order valence-corrected chi connectivity index (χ3v) is 3.41. The summed E-state index contributed by atoms with van der Waals surface area (Å²) in [5, 5.41) is 3.30. The molecule has 0 fully saturated rings. The van der Waals surface area contributed by atoms with Crippen LogP contribution in [0.5, 0.6) is 5.75 Å². The zero-order valence-electron chi connectivity index (χ0n) is 15.9. The number of halogens is 1. The number of carbonyl (C=O) groups is 1. The molecule has 0 saturated heterocycles. The van der Waals surface area contributed by atoms with Gasteiger partial charge in [0.1, 0.15) is 12.3 Å². The van der Waals surface area contributed by atoms with Gasteiger partial charge in [0.05, 0.1) is 6.61 Å². The molecule has 25 heavy (non-hydrogen) atoms. The number of nitrogens with zero attached hydrogens (tertiary/aromatic N) is 3. The second-order valence-corrected chi connectivity index (χ2v) is 5.79. The molecule has 0 heterocycles. The SMILES string of the molecule is CCCNC(=NCC(=O)N(C)C)N(C)Cc1ccc(OCC)cc1.I. The number of rotatable bonds is 8.